The van der Waals surface area contributed by atoms with E-state index >= 15 is 0 Å². The molecular weight excluding hydrogens is 695 g/mol. The normalized spacial score (nSPS) is 16.5. The molecule has 4 aliphatic rings. The van der Waals surface area contributed by atoms with E-state index in [0.717, 1.165) is 88.2 Å². The van der Waals surface area contributed by atoms with E-state index in [1.165, 1.54) is 32.7 Å². The van der Waals surface area contributed by atoms with Crippen LogP contribution in [0.2, 0.25) is 0 Å². The molecule has 3 aromatic rings. The molecule has 0 saturated carbocycles. The summed E-state index contributed by atoms with van der Waals surface area (Å²) in [5.41, 5.74) is 7.17. The zero-order chi connectivity index (χ0) is 31.0. The third kappa shape index (κ3) is 8.92. The number of hydrogen-bond donors (Lipinski definition) is 0. The number of rotatable bonds is 12. The summed E-state index contributed by atoms with van der Waals surface area (Å²) in [6.45, 7) is 7.68. The minimum absolute atomic E-state index is 0. The maximum atomic E-state index is 4.80. The molecule has 0 amide bonds. The molecule has 6 nitrogen and oxygen atoms in total. The zero-order valence-corrected chi connectivity index (χ0v) is 33.6. The number of allylic oxidation sites excluding steroid dienone is 8. The molecule has 0 aromatic heterocycles. The largest absolute Gasteiger partial charge is 2.00 e. The van der Waals surface area contributed by atoms with Gasteiger partial charge in [-0.3, -0.25) is 9.80 Å². The first kappa shape index (κ1) is 35.8. The summed E-state index contributed by atoms with van der Waals surface area (Å²) in [5, 5.41) is 24.4. The van der Waals surface area contributed by atoms with Gasteiger partial charge in [0.25, 0.3) is 0 Å². The zero-order valence-electron chi connectivity index (χ0n) is 27.7. The van der Waals surface area contributed by atoms with Gasteiger partial charge in [-0.15, -0.1) is 73.3 Å². The molecule has 0 bridgehead atoms. The Morgan fingerprint density at radius 1 is 0.396 bits per heavy atom. The van der Waals surface area contributed by atoms with Crippen molar-refractivity contribution in [3.8, 4) is 0 Å². The van der Waals surface area contributed by atoms with E-state index in [1.807, 2.05) is 0 Å². The molecule has 234 valence electrons. The SMILES string of the molecule is C1=CC[N-]C(CN(CC2=CC=CC[N-]2)Cc2c3ccccc3c(CN(CC3=CC=CC[N-]3)CC3=CC=CC[N-]3)c3ccccc23)=C1.[Zn+2].[Zn+2]. The fraction of sp³-hybridized carbons (Fsp3) is 0.250. The van der Waals surface area contributed by atoms with Gasteiger partial charge in [0.05, 0.1) is 0 Å². The molecule has 3 aromatic carbocycles. The minimum atomic E-state index is 0. The van der Waals surface area contributed by atoms with Crippen molar-refractivity contribution in [2.24, 2.45) is 0 Å². The van der Waals surface area contributed by atoms with Gasteiger partial charge in [0.2, 0.25) is 0 Å². The number of fused-ring (bicyclic) bond motifs is 2. The van der Waals surface area contributed by atoms with Gasteiger partial charge in [0.1, 0.15) is 0 Å². The van der Waals surface area contributed by atoms with Gasteiger partial charge in [-0.25, -0.2) is 0 Å². The molecule has 7 rings (SSSR count). The van der Waals surface area contributed by atoms with Crippen LogP contribution in [0.5, 0.6) is 0 Å². The van der Waals surface area contributed by atoms with E-state index in [4.69, 9.17) is 21.3 Å². The third-order valence-corrected chi connectivity index (χ3v) is 8.76. The monoisotopic (exact) mass is 732 g/mol. The van der Waals surface area contributed by atoms with Crippen LogP contribution in [-0.4, -0.2) is 62.2 Å². The number of benzene rings is 3. The molecule has 8 heteroatoms. The van der Waals surface area contributed by atoms with Crippen molar-refractivity contribution in [2.75, 3.05) is 52.4 Å². The molecule has 0 unspecified atom stereocenters. The Hall–Kier alpha value is -3.53. The van der Waals surface area contributed by atoms with Gasteiger partial charge in [0.15, 0.2) is 0 Å². The second kappa shape index (κ2) is 17.7. The molecule has 48 heavy (non-hydrogen) atoms. The first-order chi connectivity index (χ1) is 22.8. The van der Waals surface area contributed by atoms with Crippen LogP contribution in [0, 0.1) is 0 Å². The molecule has 0 saturated heterocycles. The average molecular weight is 736 g/mol. The second-order valence-corrected chi connectivity index (χ2v) is 12.0. The molecule has 0 atom stereocenters. The van der Waals surface area contributed by atoms with Crippen molar-refractivity contribution in [3.05, 3.63) is 177 Å². The van der Waals surface area contributed by atoms with Crippen LogP contribution < -0.4 is 0 Å². The molecule has 0 aliphatic carbocycles. The van der Waals surface area contributed by atoms with Crippen molar-refractivity contribution in [1.82, 2.24) is 9.80 Å². The van der Waals surface area contributed by atoms with Crippen LogP contribution in [0.15, 0.2) is 144 Å². The van der Waals surface area contributed by atoms with Crippen molar-refractivity contribution < 1.29 is 39.0 Å². The molecule has 0 N–H and O–H groups in total. The molecule has 4 aliphatic heterocycles. The summed E-state index contributed by atoms with van der Waals surface area (Å²) in [6, 6.07) is 17.9. The van der Waals surface area contributed by atoms with Crippen molar-refractivity contribution in [1.29, 1.82) is 0 Å². The van der Waals surface area contributed by atoms with Gasteiger partial charge in [0, 0.05) is 39.3 Å². The Labute approximate surface area is 310 Å². The third-order valence-electron chi connectivity index (χ3n) is 8.76. The second-order valence-electron chi connectivity index (χ2n) is 12.0. The Balaban J connectivity index is 0.00000225. The average Bonchev–Trinajstić information content (AvgIpc) is 3.11. The first-order valence-electron chi connectivity index (χ1n) is 16.3. The van der Waals surface area contributed by atoms with Crippen molar-refractivity contribution in [3.63, 3.8) is 0 Å². The van der Waals surface area contributed by atoms with Crippen LogP contribution in [0.4, 0.5) is 0 Å². The van der Waals surface area contributed by atoms with Gasteiger partial charge in [-0.1, -0.05) is 97.1 Å². The maximum absolute atomic E-state index is 4.80. The van der Waals surface area contributed by atoms with Crippen LogP contribution in [0.3, 0.4) is 0 Å². The maximum Gasteiger partial charge on any atom is 2.00 e. The molecule has 0 radical (unpaired) electrons. The molecule has 4 heterocycles. The summed E-state index contributed by atoms with van der Waals surface area (Å²) in [4.78, 5) is 5.00. The Kier molecular flexibility index (Phi) is 13.2. The summed E-state index contributed by atoms with van der Waals surface area (Å²) in [7, 11) is 0. The minimum Gasteiger partial charge on any atom is -0.684 e. The fourth-order valence-electron chi connectivity index (χ4n) is 6.61. The van der Waals surface area contributed by atoms with Gasteiger partial charge >= 0.3 is 39.0 Å². The van der Waals surface area contributed by atoms with Crippen molar-refractivity contribution in [2.45, 2.75) is 13.1 Å². The Bertz CT molecular complexity index is 1570. The van der Waals surface area contributed by atoms with E-state index in [9.17, 15) is 0 Å². The number of nitrogens with zero attached hydrogens (tertiary/aromatic N) is 6. The van der Waals surface area contributed by atoms with E-state index in [2.05, 4.69) is 131 Å². The van der Waals surface area contributed by atoms with Gasteiger partial charge < -0.3 is 21.3 Å². The number of hydrogen-bond acceptors (Lipinski definition) is 2. The quantitative estimate of drug-likeness (QED) is 0.138. The van der Waals surface area contributed by atoms with Crippen LogP contribution in [-0.2, 0) is 52.0 Å². The summed E-state index contributed by atoms with van der Waals surface area (Å²) < 4.78 is 0. The van der Waals surface area contributed by atoms with Crippen LogP contribution in [0.1, 0.15) is 11.1 Å². The Morgan fingerprint density at radius 3 is 0.896 bits per heavy atom. The molecule has 0 spiro atoms. The van der Waals surface area contributed by atoms with Crippen LogP contribution >= 0.6 is 0 Å². The summed E-state index contributed by atoms with van der Waals surface area (Å²) >= 11 is 0. The summed E-state index contributed by atoms with van der Waals surface area (Å²) in [6.07, 6.45) is 25.5. The van der Waals surface area contributed by atoms with Crippen molar-refractivity contribution >= 4 is 21.5 Å². The smallest absolute Gasteiger partial charge is 0.684 e. The van der Waals surface area contributed by atoms with E-state index in [-0.39, 0.29) is 39.0 Å². The molecule has 0 fully saturated rings. The topological polar surface area (TPSA) is 62.9 Å². The first-order valence-corrected chi connectivity index (χ1v) is 16.3. The summed E-state index contributed by atoms with van der Waals surface area (Å²) in [5.74, 6) is 0. The van der Waals surface area contributed by atoms with Crippen LogP contribution in [0.25, 0.3) is 42.8 Å². The predicted octanol–water partition coefficient (Wildman–Crippen LogP) is 8.90. The van der Waals surface area contributed by atoms with Gasteiger partial charge in [-0.05, 0) is 32.7 Å². The molecular formula is C40H40N6Zn2. The van der Waals surface area contributed by atoms with Gasteiger partial charge in [-0.2, -0.15) is 0 Å². The van der Waals surface area contributed by atoms with E-state index in [0.29, 0.717) is 0 Å². The van der Waals surface area contributed by atoms with E-state index < -0.39 is 0 Å². The van der Waals surface area contributed by atoms with E-state index in [1.54, 1.807) is 0 Å². The predicted molar refractivity (Wildman–Crippen MR) is 194 cm³/mol. The Morgan fingerprint density at radius 2 is 0.667 bits per heavy atom. The fourth-order valence-corrected chi connectivity index (χ4v) is 6.61. The standard InChI is InChI=1S/C40H40N6.2Zn/c1-2-18-36-35(17-1)39(29-45(25-31-13-5-9-21-41-31)26-32-14-6-10-22-42-32)37-19-3-4-20-38(37)40(36)30-46(27-33-15-7-11-23-43-33)28-34-16-8-12-24-44-34;;/h1-20H,21-30H2;;/q-4;2*+2.